The van der Waals surface area contributed by atoms with Crippen LogP contribution in [0.3, 0.4) is 0 Å². The number of halogens is 1. The highest BCUT2D eigenvalue weighted by atomic mass is 79.9. The highest BCUT2D eigenvalue weighted by molar-refractivity contribution is 9.11. The second-order valence-electron chi connectivity index (χ2n) is 5.12. The van der Waals surface area contributed by atoms with Gasteiger partial charge in [0.15, 0.2) is 0 Å². The Balaban J connectivity index is 2.04. The van der Waals surface area contributed by atoms with E-state index in [1.54, 1.807) is 11.3 Å². The van der Waals surface area contributed by atoms with Crippen molar-refractivity contribution >= 4 is 27.3 Å². The Labute approximate surface area is 132 Å². The molecule has 0 bridgehead atoms. The number of hydrogen-bond donors (Lipinski definition) is 1. The number of rotatable bonds is 7. The van der Waals surface area contributed by atoms with Gasteiger partial charge in [0.25, 0.3) is 0 Å². The normalized spacial score (nSPS) is 13.1. The summed E-state index contributed by atoms with van der Waals surface area (Å²) in [5.41, 5.74) is 0. The Morgan fingerprint density at radius 2 is 2.20 bits per heavy atom. The number of hydrogen-bond acceptors (Lipinski definition) is 5. The molecule has 0 radical (unpaired) electrons. The maximum absolute atomic E-state index is 5.38. The third-order valence-electron chi connectivity index (χ3n) is 3.12. The minimum Gasteiger partial charge on any atom is -0.339 e. The molecule has 0 saturated carbocycles. The maximum atomic E-state index is 5.38. The van der Waals surface area contributed by atoms with E-state index in [9.17, 15) is 0 Å². The van der Waals surface area contributed by atoms with Gasteiger partial charge in [-0.05, 0) is 46.9 Å². The summed E-state index contributed by atoms with van der Waals surface area (Å²) in [6.45, 7) is 7.60. The number of nitrogens with zero attached hydrogens (tertiary/aromatic N) is 2. The van der Waals surface area contributed by atoms with Crippen molar-refractivity contribution in [3.63, 3.8) is 0 Å². The van der Waals surface area contributed by atoms with E-state index in [0.717, 1.165) is 28.0 Å². The van der Waals surface area contributed by atoms with Crippen LogP contribution in [0.5, 0.6) is 0 Å². The Bertz CT molecular complexity index is 538. The van der Waals surface area contributed by atoms with E-state index in [2.05, 4.69) is 52.2 Å². The molecule has 0 spiro atoms. The van der Waals surface area contributed by atoms with Gasteiger partial charge in [-0.25, -0.2) is 0 Å². The van der Waals surface area contributed by atoms with E-state index in [0.29, 0.717) is 23.7 Å². The summed E-state index contributed by atoms with van der Waals surface area (Å²) in [6, 6.07) is 4.37. The first kappa shape index (κ1) is 15.7. The van der Waals surface area contributed by atoms with Crippen molar-refractivity contribution in [1.29, 1.82) is 0 Å². The Kier molecular flexibility index (Phi) is 5.74. The average molecular weight is 358 g/mol. The van der Waals surface area contributed by atoms with Gasteiger partial charge in [0.05, 0.1) is 8.66 Å². The topological polar surface area (TPSA) is 51.0 Å². The lowest BCUT2D eigenvalue weighted by Gasteiger charge is -2.20. The highest BCUT2D eigenvalue weighted by Crippen LogP contribution is 2.29. The molecule has 2 rings (SSSR count). The van der Waals surface area contributed by atoms with E-state index in [4.69, 9.17) is 4.52 Å². The van der Waals surface area contributed by atoms with Crippen LogP contribution in [-0.4, -0.2) is 22.7 Å². The smallest absolute Gasteiger partial charge is 0.228 e. The van der Waals surface area contributed by atoms with Crippen molar-refractivity contribution in [2.75, 3.05) is 6.54 Å². The molecule has 20 heavy (non-hydrogen) atoms. The van der Waals surface area contributed by atoms with Crippen LogP contribution in [-0.2, 0) is 6.42 Å². The van der Waals surface area contributed by atoms with Crippen molar-refractivity contribution in [3.05, 3.63) is 21.8 Å². The van der Waals surface area contributed by atoms with Crippen LogP contribution < -0.4 is 5.32 Å². The zero-order valence-corrected chi connectivity index (χ0v) is 14.4. The molecule has 6 heteroatoms. The largest absolute Gasteiger partial charge is 0.339 e. The minimum atomic E-state index is 0.373. The fraction of sp³-hybridized carbons (Fsp3) is 0.571. The molecule has 0 saturated heterocycles. The van der Waals surface area contributed by atoms with E-state index >= 15 is 0 Å². The second kappa shape index (κ2) is 7.33. The van der Waals surface area contributed by atoms with Gasteiger partial charge >= 0.3 is 0 Å². The summed E-state index contributed by atoms with van der Waals surface area (Å²) in [5.74, 6) is 1.91. The average Bonchev–Trinajstić information content (AvgIpc) is 3.02. The van der Waals surface area contributed by atoms with Gasteiger partial charge in [0, 0.05) is 12.5 Å². The number of aromatic nitrogens is 2. The van der Waals surface area contributed by atoms with Crippen molar-refractivity contribution in [2.24, 2.45) is 5.92 Å². The van der Waals surface area contributed by atoms with Gasteiger partial charge in [-0.15, -0.1) is 11.3 Å². The highest BCUT2D eigenvalue weighted by Gasteiger charge is 2.18. The molecule has 4 nitrogen and oxygen atoms in total. The molecule has 0 aliphatic rings. The molecule has 110 valence electrons. The molecule has 0 amide bonds. The molecular weight excluding hydrogens is 338 g/mol. The third-order valence-corrected chi connectivity index (χ3v) is 4.74. The molecule has 0 aromatic carbocycles. The molecule has 2 heterocycles. The second-order valence-corrected chi connectivity index (χ2v) is 7.59. The predicted octanol–water partition coefficient (Wildman–Crippen LogP) is 4.13. The first-order valence-electron chi connectivity index (χ1n) is 6.91. The summed E-state index contributed by atoms with van der Waals surface area (Å²) in [7, 11) is 0. The molecule has 2 aromatic rings. The van der Waals surface area contributed by atoms with Crippen LogP contribution in [0.25, 0.3) is 10.7 Å². The summed E-state index contributed by atoms with van der Waals surface area (Å²) in [4.78, 5) is 5.52. The Hall–Kier alpha value is -0.720. The fourth-order valence-electron chi connectivity index (χ4n) is 1.93. The van der Waals surface area contributed by atoms with Crippen molar-refractivity contribution in [2.45, 2.75) is 39.7 Å². The van der Waals surface area contributed by atoms with Crippen LogP contribution in [0.15, 0.2) is 20.4 Å². The van der Waals surface area contributed by atoms with Crippen LogP contribution in [0.2, 0.25) is 0 Å². The first-order valence-corrected chi connectivity index (χ1v) is 8.52. The molecule has 1 N–H and O–H groups in total. The van der Waals surface area contributed by atoms with Crippen molar-refractivity contribution < 1.29 is 4.52 Å². The van der Waals surface area contributed by atoms with Crippen LogP contribution in [0.4, 0.5) is 0 Å². The monoisotopic (exact) mass is 357 g/mol. The Morgan fingerprint density at radius 1 is 1.40 bits per heavy atom. The molecular formula is C14H20BrN3OS. The van der Waals surface area contributed by atoms with Crippen LogP contribution >= 0.6 is 27.3 Å². The summed E-state index contributed by atoms with van der Waals surface area (Å²) < 4.78 is 6.45. The summed E-state index contributed by atoms with van der Waals surface area (Å²) >= 11 is 5.06. The van der Waals surface area contributed by atoms with Gasteiger partial charge in [-0.1, -0.05) is 25.9 Å². The SMILES string of the molecule is CCCNC(Cc1nc(-c2ccc(Br)s2)no1)C(C)C. The molecule has 0 fully saturated rings. The van der Waals surface area contributed by atoms with Gasteiger partial charge < -0.3 is 9.84 Å². The predicted molar refractivity (Wildman–Crippen MR) is 85.9 cm³/mol. The van der Waals surface area contributed by atoms with E-state index in [-0.39, 0.29) is 0 Å². The number of nitrogens with one attached hydrogen (secondary N) is 1. The molecule has 2 aromatic heterocycles. The lowest BCUT2D eigenvalue weighted by molar-refractivity contribution is 0.326. The first-order chi connectivity index (χ1) is 9.60. The summed E-state index contributed by atoms with van der Waals surface area (Å²) in [6.07, 6.45) is 1.90. The van der Waals surface area contributed by atoms with Gasteiger partial charge in [-0.3, -0.25) is 0 Å². The van der Waals surface area contributed by atoms with Gasteiger partial charge in [0.2, 0.25) is 11.7 Å². The van der Waals surface area contributed by atoms with Crippen LogP contribution in [0.1, 0.15) is 33.1 Å². The molecule has 1 atom stereocenters. The summed E-state index contributed by atoms with van der Waals surface area (Å²) in [5, 5.41) is 7.61. The molecule has 1 unspecified atom stereocenters. The van der Waals surface area contributed by atoms with Crippen LogP contribution in [0, 0.1) is 5.92 Å². The standard InChI is InChI=1S/C14H20BrN3OS/c1-4-7-16-10(9(2)3)8-13-17-14(18-19-13)11-5-6-12(15)20-11/h5-6,9-10,16H,4,7-8H2,1-3H3. The van der Waals surface area contributed by atoms with E-state index in [1.165, 1.54) is 0 Å². The van der Waals surface area contributed by atoms with Crippen molar-refractivity contribution in [1.82, 2.24) is 15.5 Å². The zero-order chi connectivity index (χ0) is 14.5. The zero-order valence-electron chi connectivity index (χ0n) is 12.0. The molecule has 0 aliphatic carbocycles. The fourth-order valence-corrected chi connectivity index (χ4v) is 3.25. The minimum absolute atomic E-state index is 0.373. The van der Waals surface area contributed by atoms with Crippen molar-refractivity contribution in [3.8, 4) is 10.7 Å². The molecule has 0 aliphatic heterocycles. The van der Waals surface area contributed by atoms with E-state index < -0.39 is 0 Å². The third kappa shape index (κ3) is 4.14. The quantitative estimate of drug-likeness (QED) is 0.809. The number of thiophene rings is 1. The van der Waals surface area contributed by atoms with Gasteiger partial charge in [0.1, 0.15) is 0 Å². The lowest BCUT2D eigenvalue weighted by atomic mass is 10.0. The maximum Gasteiger partial charge on any atom is 0.228 e. The van der Waals surface area contributed by atoms with Gasteiger partial charge in [-0.2, -0.15) is 4.98 Å². The Morgan fingerprint density at radius 3 is 2.80 bits per heavy atom. The van der Waals surface area contributed by atoms with E-state index in [1.807, 2.05) is 12.1 Å². The lowest BCUT2D eigenvalue weighted by Crippen LogP contribution is -2.36.